The number of aromatic amines is 1. The van der Waals surface area contributed by atoms with E-state index in [9.17, 15) is 4.79 Å². The van der Waals surface area contributed by atoms with Crippen molar-refractivity contribution in [1.29, 1.82) is 0 Å². The molecule has 0 spiro atoms. The van der Waals surface area contributed by atoms with Crippen LogP contribution in [0.1, 0.15) is 11.3 Å². The van der Waals surface area contributed by atoms with Gasteiger partial charge in [0.1, 0.15) is 12.4 Å². The molecule has 0 saturated carbocycles. The van der Waals surface area contributed by atoms with Gasteiger partial charge >= 0.3 is 0 Å². The Bertz CT molecular complexity index is 607. The lowest BCUT2D eigenvalue weighted by atomic mass is 10.2. The molecule has 1 heterocycles. The van der Waals surface area contributed by atoms with Crippen molar-refractivity contribution in [3.05, 3.63) is 70.7 Å². The van der Waals surface area contributed by atoms with Gasteiger partial charge in [-0.2, -0.15) is 5.10 Å². The molecule has 1 N–H and O–H groups in total. The van der Waals surface area contributed by atoms with Crippen LogP contribution in [0.25, 0.3) is 12.2 Å². The summed E-state index contributed by atoms with van der Waals surface area (Å²) in [6.07, 6.45) is 5.45. The third kappa shape index (κ3) is 3.96. The summed E-state index contributed by atoms with van der Waals surface area (Å²) in [5, 5.41) is 6.27. The maximum atomic E-state index is 10.9. The molecule has 19 heavy (non-hydrogen) atoms. The summed E-state index contributed by atoms with van der Waals surface area (Å²) in [7, 11) is 0. The Balaban J connectivity index is 2.04. The van der Waals surface area contributed by atoms with Crippen LogP contribution < -0.4 is 10.3 Å². The number of benzene rings is 1. The highest BCUT2D eigenvalue weighted by Gasteiger charge is 1.93. The average Bonchev–Trinajstić information content (AvgIpc) is 2.46. The summed E-state index contributed by atoms with van der Waals surface area (Å²) in [6.45, 7) is 4.09. The van der Waals surface area contributed by atoms with Crippen molar-refractivity contribution in [2.45, 2.75) is 0 Å². The molecule has 4 heteroatoms. The van der Waals surface area contributed by atoms with Crippen LogP contribution in [0.3, 0.4) is 0 Å². The fourth-order valence-electron chi connectivity index (χ4n) is 1.46. The standard InChI is InChI=1S/C15H14N2O2/c1-2-11-19-14-8-4-12(5-9-14)3-6-13-7-10-15(18)17-16-13/h2-10H,1,11H2,(H,17,18). The van der Waals surface area contributed by atoms with E-state index in [-0.39, 0.29) is 5.56 Å². The summed E-state index contributed by atoms with van der Waals surface area (Å²) in [6, 6.07) is 10.8. The maximum absolute atomic E-state index is 10.9. The van der Waals surface area contributed by atoms with Crippen molar-refractivity contribution < 1.29 is 4.74 Å². The van der Waals surface area contributed by atoms with Gasteiger partial charge < -0.3 is 4.74 Å². The van der Waals surface area contributed by atoms with Crippen LogP contribution in [-0.4, -0.2) is 16.8 Å². The lowest BCUT2D eigenvalue weighted by molar-refractivity contribution is 0.363. The van der Waals surface area contributed by atoms with Crippen molar-refractivity contribution in [3.63, 3.8) is 0 Å². The highest BCUT2D eigenvalue weighted by Crippen LogP contribution is 2.13. The van der Waals surface area contributed by atoms with Crippen LogP contribution in [0.4, 0.5) is 0 Å². The van der Waals surface area contributed by atoms with Gasteiger partial charge in [0.2, 0.25) is 0 Å². The minimum Gasteiger partial charge on any atom is -0.490 e. The highest BCUT2D eigenvalue weighted by molar-refractivity contribution is 5.67. The second-order valence-corrected chi connectivity index (χ2v) is 3.85. The Morgan fingerprint density at radius 1 is 1.16 bits per heavy atom. The molecule has 0 fully saturated rings. The van der Waals surface area contributed by atoms with Crippen LogP contribution in [0.5, 0.6) is 5.75 Å². The molecule has 0 amide bonds. The summed E-state index contributed by atoms with van der Waals surface area (Å²) in [4.78, 5) is 10.9. The van der Waals surface area contributed by atoms with Crippen LogP contribution in [-0.2, 0) is 0 Å². The second-order valence-electron chi connectivity index (χ2n) is 3.85. The fraction of sp³-hybridized carbons (Fsp3) is 0.0667. The van der Waals surface area contributed by atoms with Crippen LogP contribution in [0.2, 0.25) is 0 Å². The van der Waals surface area contributed by atoms with E-state index in [2.05, 4.69) is 16.8 Å². The SMILES string of the molecule is C=CCOc1ccc(C=Cc2ccc(=O)[nH]n2)cc1. The first kappa shape index (κ1) is 12.8. The molecular formula is C15H14N2O2. The molecule has 0 atom stereocenters. The minimum atomic E-state index is -0.208. The Morgan fingerprint density at radius 3 is 2.58 bits per heavy atom. The van der Waals surface area contributed by atoms with Gasteiger partial charge in [-0.05, 0) is 29.8 Å². The van der Waals surface area contributed by atoms with Crippen molar-refractivity contribution in [1.82, 2.24) is 10.2 Å². The van der Waals surface area contributed by atoms with Gasteiger partial charge in [0, 0.05) is 6.07 Å². The Hall–Kier alpha value is -2.62. The normalized spacial score (nSPS) is 10.5. The van der Waals surface area contributed by atoms with E-state index in [1.165, 1.54) is 6.07 Å². The molecule has 2 rings (SSSR count). The molecule has 1 aromatic heterocycles. The first-order chi connectivity index (χ1) is 9.28. The number of rotatable bonds is 5. The first-order valence-corrected chi connectivity index (χ1v) is 5.85. The fourth-order valence-corrected chi connectivity index (χ4v) is 1.46. The molecule has 0 aliphatic carbocycles. The predicted octanol–water partition coefficient (Wildman–Crippen LogP) is 2.51. The molecule has 0 saturated heterocycles. The van der Waals surface area contributed by atoms with Crippen molar-refractivity contribution in [3.8, 4) is 5.75 Å². The molecule has 0 aliphatic heterocycles. The van der Waals surface area contributed by atoms with Gasteiger partial charge in [-0.3, -0.25) is 4.79 Å². The summed E-state index contributed by atoms with van der Waals surface area (Å²) in [5.41, 5.74) is 1.52. The largest absolute Gasteiger partial charge is 0.490 e. The second kappa shape index (κ2) is 6.35. The first-order valence-electron chi connectivity index (χ1n) is 5.85. The molecule has 96 valence electrons. The zero-order valence-corrected chi connectivity index (χ0v) is 10.4. The lowest BCUT2D eigenvalue weighted by Gasteiger charge is -2.02. The van der Waals surface area contributed by atoms with Gasteiger partial charge in [-0.1, -0.05) is 30.9 Å². The Labute approximate surface area is 111 Å². The third-order valence-corrected chi connectivity index (χ3v) is 2.40. The van der Waals surface area contributed by atoms with Gasteiger partial charge in [0.25, 0.3) is 5.56 Å². The number of nitrogens with zero attached hydrogens (tertiary/aromatic N) is 1. The molecule has 0 radical (unpaired) electrons. The Kier molecular flexibility index (Phi) is 4.29. The van der Waals surface area contributed by atoms with Crippen molar-refractivity contribution >= 4 is 12.2 Å². The smallest absolute Gasteiger partial charge is 0.264 e. The molecule has 0 bridgehead atoms. The number of nitrogens with one attached hydrogen (secondary N) is 1. The van der Waals surface area contributed by atoms with Crippen molar-refractivity contribution in [2.24, 2.45) is 0 Å². The van der Waals surface area contributed by atoms with E-state index >= 15 is 0 Å². The summed E-state index contributed by atoms with van der Waals surface area (Å²) >= 11 is 0. The summed E-state index contributed by atoms with van der Waals surface area (Å²) in [5.74, 6) is 0.805. The van der Waals surface area contributed by atoms with E-state index in [4.69, 9.17) is 4.74 Å². The molecule has 0 unspecified atom stereocenters. The van der Waals surface area contributed by atoms with Gasteiger partial charge in [-0.25, -0.2) is 5.10 Å². The molecule has 2 aromatic rings. The molecular weight excluding hydrogens is 240 g/mol. The van der Waals surface area contributed by atoms with Crippen LogP contribution in [0.15, 0.2) is 53.8 Å². The maximum Gasteiger partial charge on any atom is 0.264 e. The number of H-pyrrole nitrogens is 1. The van der Waals surface area contributed by atoms with Gasteiger partial charge in [0.05, 0.1) is 5.69 Å². The van der Waals surface area contributed by atoms with Gasteiger partial charge in [0.15, 0.2) is 0 Å². The number of hydrogen-bond donors (Lipinski definition) is 1. The number of hydrogen-bond acceptors (Lipinski definition) is 3. The lowest BCUT2D eigenvalue weighted by Crippen LogP contribution is -2.05. The third-order valence-electron chi connectivity index (χ3n) is 2.40. The van der Waals surface area contributed by atoms with Crippen LogP contribution >= 0.6 is 0 Å². The number of aromatic nitrogens is 2. The van der Waals surface area contributed by atoms with Gasteiger partial charge in [-0.15, -0.1) is 0 Å². The summed E-state index contributed by atoms with van der Waals surface area (Å²) < 4.78 is 5.39. The monoisotopic (exact) mass is 254 g/mol. The molecule has 0 aliphatic rings. The quantitative estimate of drug-likeness (QED) is 0.834. The van der Waals surface area contributed by atoms with E-state index in [0.29, 0.717) is 12.3 Å². The van der Waals surface area contributed by atoms with E-state index in [0.717, 1.165) is 11.3 Å². The van der Waals surface area contributed by atoms with E-state index < -0.39 is 0 Å². The van der Waals surface area contributed by atoms with Crippen LogP contribution in [0, 0.1) is 0 Å². The molecule has 4 nitrogen and oxygen atoms in total. The zero-order valence-electron chi connectivity index (χ0n) is 10.4. The highest BCUT2D eigenvalue weighted by atomic mass is 16.5. The minimum absolute atomic E-state index is 0.208. The van der Waals surface area contributed by atoms with E-state index in [1.54, 1.807) is 12.1 Å². The zero-order chi connectivity index (χ0) is 13.5. The molecule has 1 aromatic carbocycles. The average molecular weight is 254 g/mol. The predicted molar refractivity (Wildman–Crippen MR) is 75.9 cm³/mol. The van der Waals surface area contributed by atoms with Crippen molar-refractivity contribution in [2.75, 3.05) is 6.61 Å². The topological polar surface area (TPSA) is 55.0 Å². The van der Waals surface area contributed by atoms with E-state index in [1.807, 2.05) is 36.4 Å². The number of ether oxygens (including phenoxy) is 1. The Morgan fingerprint density at radius 2 is 1.95 bits per heavy atom.